The van der Waals surface area contributed by atoms with Crippen molar-refractivity contribution in [3.63, 3.8) is 0 Å². The molecule has 1 aromatic carbocycles. The second-order valence-corrected chi connectivity index (χ2v) is 7.40. The Morgan fingerprint density at radius 3 is 2.42 bits per heavy atom. The minimum absolute atomic E-state index is 0.247. The van der Waals surface area contributed by atoms with Gasteiger partial charge in [-0.15, -0.1) is 11.3 Å². The molecule has 19 heavy (non-hydrogen) atoms. The van der Waals surface area contributed by atoms with Crippen molar-refractivity contribution in [3.05, 3.63) is 44.7 Å². The third-order valence-electron chi connectivity index (χ3n) is 3.81. The van der Waals surface area contributed by atoms with Gasteiger partial charge in [-0.05, 0) is 73.6 Å². The minimum Gasteiger partial charge on any atom is -0.323 e. The summed E-state index contributed by atoms with van der Waals surface area (Å²) in [6, 6.07) is 9.15. The van der Waals surface area contributed by atoms with Crippen molar-refractivity contribution in [2.75, 3.05) is 0 Å². The maximum absolute atomic E-state index is 6.28. The molecule has 0 radical (unpaired) electrons. The van der Waals surface area contributed by atoms with E-state index in [9.17, 15) is 0 Å². The first kappa shape index (κ1) is 13.3. The van der Waals surface area contributed by atoms with E-state index in [0.29, 0.717) is 0 Å². The van der Waals surface area contributed by atoms with Crippen LogP contribution in [0.15, 0.2) is 28.7 Å². The molecule has 0 amide bonds. The van der Waals surface area contributed by atoms with Crippen LogP contribution >= 0.6 is 27.3 Å². The number of benzene rings is 1. The van der Waals surface area contributed by atoms with Gasteiger partial charge >= 0.3 is 0 Å². The maximum atomic E-state index is 6.28. The van der Waals surface area contributed by atoms with Crippen molar-refractivity contribution in [3.8, 4) is 10.4 Å². The number of aryl methyl sites for hydroxylation is 2. The van der Waals surface area contributed by atoms with Crippen molar-refractivity contribution < 1.29 is 0 Å². The highest BCUT2D eigenvalue weighted by atomic mass is 79.9. The van der Waals surface area contributed by atoms with Crippen molar-refractivity contribution in [1.82, 2.24) is 0 Å². The lowest BCUT2D eigenvalue weighted by molar-refractivity contribution is 0.645. The molecule has 1 fully saturated rings. The highest BCUT2D eigenvalue weighted by Crippen LogP contribution is 2.43. The largest absolute Gasteiger partial charge is 0.323 e. The van der Waals surface area contributed by atoms with E-state index in [1.807, 2.05) is 11.3 Å². The van der Waals surface area contributed by atoms with Crippen molar-refractivity contribution >= 4 is 27.3 Å². The van der Waals surface area contributed by atoms with Gasteiger partial charge in [-0.3, -0.25) is 0 Å². The lowest BCUT2D eigenvalue weighted by atomic mass is 10.1. The number of hydrogen-bond acceptors (Lipinski definition) is 2. The molecule has 1 aliphatic carbocycles. The standard InChI is InChI=1S/C16H18BrNS/c1-9-7-12(8-10(2)15(9)17)13-5-6-14(19-13)16(18)11-3-4-11/h5-8,11,16H,3-4,18H2,1-2H3. The van der Waals surface area contributed by atoms with E-state index in [4.69, 9.17) is 5.73 Å². The summed E-state index contributed by atoms with van der Waals surface area (Å²) in [6.45, 7) is 4.29. The van der Waals surface area contributed by atoms with Crippen LogP contribution in [0.4, 0.5) is 0 Å². The lowest BCUT2D eigenvalue weighted by Gasteiger charge is -2.08. The van der Waals surface area contributed by atoms with Crippen molar-refractivity contribution in [2.24, 2.45) is 11.7 Å². The second kappa shape index (κ2) is 5.04. The van der Waals surface area contributed by atoms with Gasteiger partial charge in [0.2, 0.25) is 0 Å². The predicted molar refractivity (Wildman–Crippen MR) is 86.6 cm³/mol. The van der Waals surface area contributed by atoms with Gasteiger partial charge in [0, 0.05) is 20.3 Å². The Bertz CT molecular complexity index is 590. The van der Waals surface area contributed by atoms with Crippen LogP contribution in [0.2, 0.25) is 0 Å². The van der Waals surface area contributed by atoms with E-state index in [2.05, 4.69) is 54.0 Å². The van der Waals surface area contributed by atoms with E-state index in [1.54, 1.807) is 0 Å². The van der Waals surface area contributed by atoms with Gasteiger partial charge in [0.05, 0.1) is 0 Å². The molecule has 0 bridgehead atoms. The highest BCUT2D eigenvalue weighted by Gasteiger charge is 2.30. The summed E-state index contributed by atoms with van der Waals surface area (Å²) < 4.78 is 1.21. The summed E-state index contributed by atoms with van der Waals surface area (Å²) in [7, 11) is 0. The van der Waals surface area contributed by atoms with Crippen LogP contribution in [-0.4, -0.2) is 0 Å². The number of hydrogen-bond donors (Lipinski definition) is 1. The Morgan fingerprint density at radius 2 is 1.84 bits per heavy atom. The van der Waals surface area contributed by atoms with E-state index in [1.165, 1.54) is 43.8 Å². The topological polar surface area (TPSA) is 26.0 Å². The molecule has 0 saturated heterocycles. The van der Waals surface area contributed by atoms with E-state index in [-0.39, 0.29) is 6.04 Å². The molecule has 0 aliphatic heterocycles. The zero-order valence-electron chi connectivity index (χ0n) is 11.2. The van der Waals surface area contributed by atoms with Gasteiger partial charge in [-0.25, -0.2) is 0 Å². The molecule has 2 aromatic rings. The Kier molecular flexibility index (Phi) is 3.54. The van der Waals surface area contributed by atoms with Crippen LogP contribution in [0.5, 0.6) is 0 Å². The lowest BCUT2D eigenvalue weighted by Crippen LogP contribution is -2.10. The van der Waals surface area contributed by atoms with Crippen LogP contribution < -0.4 is 5.73 Å². The van der Waals surface area contributed by atoms with E-state index in [0.717, 1.165) is 5.92 Å². The molecule has 1 atom stereocenters. The molecule has 1 aromatic heterocycles. The maximum Gasteiger partial charge on any atom is 0.0418 e. The monoisotopic (exact) mass is 335 g/mol. The normalized spacial score (nSPS) is 16.6. The molecular formula is C16H18BrNS. The molecule has 1 unspecified atom stereocenters. The average molecular weight is 336 g/mol. The zero-order chi connectivity index (χ0) is 13.6. The van der Waals surface area contributed by atoms with Gasteiger partial charge < -0.3 is 5.73 Å². The smallest absolute Gasteiger partial charge is 0.0418 e. The molecular weight excluding hydrogens is 318 g/mol. The summed E-state index contributed by atoms with van der Waals surface area (Å²) in [4.78, 5) is 2.65. The molecule has 100 valence electrons. The number of thiophene rings is 1. The second-order valence-electron chi connectivity index (χ2n) is 5.49. The SMILES string of the molecule is Cc1cc(-c2ccc(C(N)C3CC3)s2)cc(C)c1Br. The first-order valence-electron chi connectivity index (χ1n) is 6.68. The fraction of sp³-hybridized carbons (Fsp3) is 0.375. The van der Waals surface area contributed by atoms with Crippen LogP contribution in [-0.2, 0) is 0 Å². The van der Waals surface area contributed by atoms with Crippen molar-refractivity contribution in [1.29, 1.82) is 0 Å². The van der Waals surface area contributed by atoms with Crippen LogP contribution in [0.1, 0.15) is 34.9 Å². The fourth-order valence-electron chi connectivity index (χ4n) is 2.46. The summed E-state index contributed by atoms with van der Waals surface area (Å²) in [5.74, 6) is 0.722. The minimum atomic E-state index is 0.247. The Balaban J connectivity index is 1.94. The van der Waals surface area contributed by atoms with Gasteiger partial charge in [-0.2, -0.15) is 0 Å². The average Bonchev–Trinajstić information content (AvgIpc) is 3.11. The third-order valence-corrected chi connectivity index (χ3v) is 6.29. The molecule has 3 rings (SSSR count). The van der Waals surface area contributed by atoms with Gasteiger partial charge in [0.25, 0.3) is 0 Å². The van der Waals surface area contributed by atoms with Gasteiger partial charge in [0.1, 0.15) is 0 Å². The molecule has 0 spiro atoms. The summed E-state index contributed by atoms with van der Waals surface area (Å²) in [5, 5.41) is 0. The molecule has 3 heteroatoms. The predicted octanol–water partition coefficient (Wildman–Crippen LogP) is 5.20. The van der Waals surface area contributed by atoms with Crippen molar-refractivity contribution in [2.45, 2.75) is 32.7 Å². The van der Waals surface area contributed by atoms with Gasteiger partial charge in [-0.1, -0.05) is 15.9 Å². The highest BCUT2D eigenvalue weighted by molar-refractivity contribution is 9.10. The van der Waals surface area contributed by atoms with Gasteiger partial charge in [0.15, 0.2) is 0 Å². The third kappa shape index (κ3) is 2.64. The van der Waals surface area contributed by atoms with Crippen LogP contribution in [0, 0.1) is 19.8 Å². The molecule has 1 nitrogen and oxygen atoms in total. The van der Waals surface area contributed by atoms with E-state index < -0.39 is 0 Å². The van der Waals surface area contributed by atoms with E-state index >= 15 is 0 Å². The number of nitrogens with two attached hydrogens (primary N) is 1. The summed E-state index contributed by atoms with van der Waals surface area (Å²) in [5.41, 5.74) is 10.2. The summed E-state index contributed by atoms with van der Waals surface area (Å²) >= 11 is 5.47. The first-order valence-corrected chi connectivity index (χ1v) is 8.29. The Labute approximate surface area is 127 Å². The Morgan fingerprint density at radius 1 is 1.21 bits per heavy atom. The quantitative estimate of drug-likeness (QED) is 0.819. The molecule has 1 aliphatic rings. The molecule has 2 N–H and O–H groups in total. The summed E-state index contributed by atoms with van der Waals surface area (Å²) in [6.07, 6.45) is 2.59. The van der Waals surface area contributed by atoms with Crippen LogP contribution in [0.3, 0.4) is 0 Å². The van der Waals surface area contributed by atoms with Crippen LogP contribution in [0.25, 0.3) is 10.4 Å². The fourth-order valence-corrected chi connectivity index (χ4v) is 3.78. The molecule has 1 heterocycles. The Hall–Kier alpha value is -0.640. The number of halogens is 1. The number of rotatable bonds is 3. The zero-order valence-corrected chi connectivity index (χ0v) is 13.6. The molecule has 1 saturated carbocycles. The first-order chi connectivity index (χ1) is 9.06.